The maximum Gasteiger partial charge on any atom is 0.229 e. The summed E-state index contributed by atoms with van der Waals surface area (Å²) in [5.41, 5.74) is 3.01. The number of nitrogens with one attached hydrogen (secondary N) is 2. The van der Waals surface area contributed by atoms with Crippen LogP contribution >= 0.6 is 0 Å². The minimum atomic E-state index is -0.143. The fraction of sp³-hybridized carbons (Fsp3) is 0.167. The average molecular weight is 370 g/mol. The third kappa shape index (κ3) is 3.87. The van der Waals surface area contributed by atoms with Gasteiger partial charge in [-0.05, 0) is 17.7 Å². The van der Waals surface area contributed by atoms with E-state index >= 15 is 0 Å². The Kier molecular flexibility index (Phi) is 5.31. The molecule has 3 aromatic rings. The van der Waals surface area contributed by atoms with E-state index in [1.807, 2.05) is 42.5 Å². The zero-order valence-corrected chi connectivity index (χ0v) is 15.5. The van der Waals surface area contributed by atoms with Gasteiger partial charge in [0.1, 0.15) is 0 Å². The lowest BCUT2D eigenvalue weighted by molar-refractivity contribution is -0.119. The summed E-state index contributed by atoms with van der Waals surface area (Å²) in [6.45, 7) is 1.43. The second-order valence-corrected chi connectivity index (χ2v) is 7.05. The van der Waals surface area contributed by atoms with Crippen LogP contribution in [0.1, 0.15) is 27.4 Å². The van der Waals surface area contributed by atoms with Gasteiger partial charge in [0.05, 0.1) is 5.92 Å². The summed E-state index contributed by atoms with van der Waals surface area (Å²) in [7, 11) is 0. The van der Waals surface area contributed by atoms with Crippen molar-refractivity contribution in [2.24, 2.45) is 5.92 Å². The van der Waals surface area contributed by atoms with Crippen molar-refractivity contribution in [3.8, 4) is 0 Å². The Balaban J connectivity index is 1.50. The SMILES string of the molecule is O=C(c1ccccc1)c1cccc(NC(=O)[C@H]2CNC[C@@H]2c2ccccc2)c1. The van der Waals surface area contributed by atoms with Gasteiger partial charge < -0.3 is 10.6 Å². The molecule has 1 aliphatic heterocycles. The zero-order chi connectivity index (χ0) is 19.3. The molecular formula is C24H22N2O2. The van der Waals surface area contributed by atoms with E-state index in [9.17, 15) is 9.59 Å². The first-order valence-corrected chi connectivity index (χ1v) is 9.49. The van der Waals surface area contributed by atoms with Gasteiger partial charge in [-0.15, -0.1) is 0 Å². The Hall–Kier alpha value is -3.24. The Morgan fingerprint density at radius 2 is 1.46 bits per heavy atom. The van der Waals surface area contributed by atoms with Crippen molar-refractivity contribution in [2.75, 3.05) is 18.4 Å². The van der Waals surface area contributed by atoms with Gasteiger partial charge in [-0.1, -0.05) is 72.8 Å². The molecule has 0 aliphatic carbocycles. The number of anilines is 1. The van der Waals surface area contributed by atoms with E-state index in [4.69, 9.17) is 0 Å². The monoisotopic (exact) mass is 370 g/mol. The van der Waals surface area contributed by atoms with Gasteiger partial charge in [0.2, 0.25) is 5.91 Å². The van der Waals surface area contributed by atoms with Gasteiger partial charge in [-0.3, -0.25) is 9.59 Å². The van der Waals surface area contributed by atoms with Crippen LogP contribution in [0.15, 0.2) is 84.9 Å². The van der Waals surface area contributed by atoms with E-state index in [2.05, 4.69) is 22.8 Å². The van der Waals surface area contributed by atoms with Gasteiger partial charge >= 0.3 is 0 Å². The highest BCUT2D eigenvalue weighted by atomic mass is 16.2. The second-order valence-electron chi connectivity index (χ2n) is 7.05. The molecule has 4 rings (SSSR count). The highest BCUT2D eigenvalue weighted by molar-refractivity contribution is 6.09. The molecule has 0 bridgehead atoms. The van der Waals surface area contributed by atoms with E-state index in [0.29, 0.717) is 23.4 Å². The van der Waals surface area contributed by atoms with Crippen LogP contribution in [-0.2, 0) is 4.79 Å². The summed E-state index contributed by atoms with van der Waals surface area (Å²) in [6, 6.07) is 26.4. The van der Waals surface area contributed by atoms with Gasteiger partial charge in [-0.25, -0.2) is 0 Å². The third-order valence-corrected chi connectivity index (χ3v) is 5.21. The molecule has 0 spiro atoms. The minimum Gasteiger partial charge on any atom is -0.326 e. The number of amides is 1. The number of hydrogen-bond acceptors (Lipinski definition) is 3. The van der Waals surface area contributed by atoms with E-state index in [-0.39, 0.29) is 23.5 Å². The molecule has 0 aromatic heterocycles. The summed E-state index contributed by atoms with van der Waals surface area (Å²) in [5.74, 6) is -0.0734. The summed E-state index contributed by atoms with van der Waals surface area (Å²) in [4.78, 5) is 25.6. The molecule has 2 atom stereocenters. The van der Waals surface area contributed by atoms with Crippen molar-refractivity contribution >= 4 is 17.4 Å². The van der Waals surface area contributed by atoms with Crippen LogP contribution in [0.4, 0.5) is 5.69 Å². The van der Waals surface area contributed by atoms with Crippen molar-refractivity contribution in [3.63, 3.8) is 0 Å². The zero-order valence-electron chi connectivity index (χ0n) is 15.5. The summed E-state index contributed by atoms with van der Waals surface area (Å²) < 4.78 is 0. The second kappa shape index (κ2) is 8.19. The molecule has 0 unspecified atom stereocenters. The molecule has 0 radical (unpaired) electrons. The van der Waals surface area contributed by atoms with E-state index < -0.39 is 0 Å². The average Bonchev–Trinajstić information content (AvgIpc) is 3.25. The molecule has 28 heavy (non-hydrogen) atoms. The normalized spacial score (nSPS) is 18.6. The van der Waals surface area contributed by atoms with E-state index in [1.165, 1.54) is 5.56 Å². The van der Waals surface area contributed by atoms with Crippen molar-refractivity contribution in [3.05, 3.63) is 102 Å². The van der Waals surface area contributed by atoms with Crippen LogP contribution in [0, 0.1) is 5.92 Å². The van der Waals surface area contributed by atoms with Crippen LogP contribution in [-0.4, -0.2) is 24.8 Å². The first-order valence-electron chi connectivity index (χ1n) is 9.49. The molecule has 3 aromatic carbocycles. The maximum absolute atomic E-state index is 12.9. The van der Waals surface area contributed by atoms with Crippen LogP contribution in [0.5, 0.6) is 0 Å². The molecule has 1 saturated heterocycles. The van der Waals surface area contributed by atoms with Crippen molar-refractivity contribution in [1.29, 1.82) is 0 Å². The van der Waals surface area contributed by atoms with Crippen LogP contribution in [0.25, 0.3) is 0 Å². The summed E-state index contributed by atoms with van der Waals surface area (Å²) in [5, 5.41) is 6.32. The lowest BCUT2D eigenvalue weighted by atomic mass is 9.88. The molecule has 1 fully saturated rings. The summed E-state index contributed by atoms with van der Waals surface area (Å²) in [6.07, 6.45) is 0. The number of carbonyl (C=O) groups is 2. The molecule has 1 heterocycles. The van der Waals surface area contributed by atoms with E-state index in [1.54, 1.807) is 30.3 Å². The minimum absolute atomic E-state index is 0.0248. The molecule has 4 heteroatoms. The van der Waals surface area contributed by atoms with Gasteiger partial charge in [0.25, 0.3) is 0 Å². The van der Waals surface area contributed by atoms with Crippen LogP contribution in [0.3, 0.4) is 0 Å². The topological polar surface area (TPSA) is 58.2 Å². The summed E-state index contributed by atoms with van der Waals surface area (Å²) >= 11 is 0. The molecule has 140 valence electrons. The lowest BCUT2D eigenvalue weighted by Gasteiger charge is -2.18. The standard InChI is InChI=1S/C24H22N2O2/c27-23(18-10-5-2-6-11-18)19-12-7-13-20(14-19)26-24(28)22-16-25-15-21(22)17-8-3-1-4-9-17/h1-14,21-22,25H,15-16H2,(H,26,28)/t21-,22+/m1/s1. The Labute approximate surface area is 164 Å². The van der Waals surface area contributed by atoms with Crippen molar-refractivity contribution in [2.45, 2.75) is 5.92 Å². The smallest absolute Gasteiger partial charge is 0.229 e. The fourth-order valence-electron chi connectivity index (χ4n) is 3.73. The fourth-order valence-corrected chi connectivity index (χ4v) is 3.73. The van der Waals surface area contributed by atoms with Gasteiger partial charge in [0, 0.05) is 35.8 Å². The Bertz CT molecular complexity index is 970. The molecule has 1 aliphatic rings. The number of hydrogen-bond donors (Lipinski definition) is 2. The number of rotatable bonds is 5. The van der Waals surface area contributed by atoms with Crippen molar-refractivity contribution in [1.82, 2.24) is 5.32 Å². The van der Waals surface area contributed by atoms with E-state index in [0.717, 1.165) is 6.54 Å². The molecule has 1 amide bonds. The molecule has 4 nitrogen and oxygen atoms in total. The Morgan fingerprint density at radius 3 is 2.21 bits per heavy atom. The molecule has 0 saturated carbocycles. The molecule has 2 N–H and O–H groups in total. The molecular weight excluding hydrogens is 348 g/mol. The quantitative estimate of drug-likeness (QED) is 0.671. The van der Waals surface area contributed by atoms with Crippen LogP contribution < -0.4 is 10.6 Å². The first kappa shape index (κ1) is 18.1. The first-order chi connectivity index (χ1) is 13.7. The number of benzene rings is 3. The Morgan fingerprint density at radius 1 is 0.786 bits per heavy atom. The predicted octanol–water partition coefficient (Wildman–Crippen LogP) is 3.86. The van der Waals surface area contributed by atoms with Gasteiger partial charge in [0.15, 0.2) is 5.78 Å². The lowest BCUT2D eigenvalue weighted by Crippen LogP contribution is -2.28. The third-order valence-electron chi connectivity index (χ3n) is 5.21. The van der Waals surface area contributed by atoms with Crippen molar-refractivity contribution < 1.29 is 9.59 Å². The highest BCUT2D eigenvalue weighted by Gasteiger charge is 2.33. The largest absolute Gasteiger partial charge is 0.326 e. The van der Waals surface area contributed by atoms with Gasteiger partial charge in [-0.2, -0.15) is 0 Å². The maximum atomic E-state index is 12.9. The van der Waals surface area contributed by atoms with Crippen LogP contribution in [0.2, 0.25) is 0 Å². The predicted molar refractivity (Wildman–Crippen MR) is 110 cm³/mol. The number of carbonyl (C=O) groups excluding carboxylic acids is 2. The highest BCUT2D eigenvalue weighted by Crippen LogP contribution is 2.29. The number of ketones is 1.